The second kappa shape index (κ2) is 8.49. The summed E-state index contributed by atoms with van der Waals surface area (Å²) in [5.41, 5.74) is 0. The summed E-state index contributed by atoms with van der Waals surface area (Å²) in [5.74, 6) is -0.518. The normalized spacial score (nSPS) is 9.78. The monoisotopic (exact) mass is 257 g/mol. The van der Waals surface area contributed by atoms with Gasteiger partial charge >= 0.3 is 0 Å². The zero-order chi connectivity index (χ0) is 14.1. The Labute approximate surface area is 108 Å². The molecule has 0 bridgehead atoms. The third-order valence-corrected chi connectivity index (χ3v) is 2.48. The molecule has 18 heavy (non-hydrogen) atoms. The number of amides is 3. The molecule has 0 aliphatic rings. The maximum Gasteiger partial charge on any atom is 0.242 e. The number of carbonyl (C=O) groups excluding carboxylic acids is 3. The number of hydrogen-bond acceptors (Lipinski definition) is 3. The first kappa shape index (κ1) is 16.4. The van der Waals surface area contributed by atoms with E-state index in [0.29, 0.717) is 13.0 Å². The van der Waals surface area contributed by atoms with Gasteiger partial charge in [-0.25, -0.2) is 0 Å². The van der Waals surface area contributed by atoms with Crippen molar-refractivity contribution in [3.05, 3.63) is 0 Å². The number of carbonyl (C=O) groups is 3. The van der Waals surface area contributed by atoms with Gasteiger partial charge in [0.2, 0.25) is 17.7 Å². The molecule has 6 heteroatoms. The Kier molecular flexibility index (Phi) is 7.74. The van der Waals surface area contributed by atoms with Crippen LogP contribution in [0.3, 0.4) is 0 Å². The van der Waals surface area contributed by atoms with Gasteiger partial charge in [0.15, 0.2) is 0 Å². The molecule has 0 radical (unpaired) electrons. The van der Waals surface area contributed by atoms with Gasteiger partial charge in [-0.05, 0) is 6.42 Å². The van der Waals surface area contributed by atoms with E-state index in [1.54, 1.807) is 21.0 Å². The van der Waals surface area contributed by atoms with Gasteiger partial charge in [-0.1, -0.05) is 13.8 Å². The summed E-state index contributed by atoms with van der Waals surface area (Å²) in [7, 11) is 3.13. The predicted octanol–water partition coefficient (Wildman–Crippen LogP) is -0.161. The Bertz CT molecular complexity index is 305. The number of likely N-dealkylation sites (N-methyl/N-ethyl adjacent to an activating group) is 2. The standard InChI is InChI=1S/C12H23N3O3/c1-5-7-13-10(16)8-14(3)12(18)9-15(4)11(17)6-2/h5-9H2,1-4H3,(H,13,16). The van der Waals surface area contributed by atoms with Crippen molar-refractivity contribution in [3.8, 4) is 0 Å². The molecule has 104 valence electrons. The summed E-state index contributed by atoms with van der Waals surface area (Å²) in [4.78, 5) is 37.1. The van der Waals surface area contributed by atoms with Crippen LogP contribution in [0.1, 0.15) is 26.7 Å². The fraction of sp³-hybridized carbons (Fsp3) is 0.750. The lowest BCUT2D eigenvalue weighted by Gasteiger charge is -2.21. The van der Waals surface area contributed by atoms with Crippen molar-refractivity contribution in [1.29, 1.82) is 0 Å². The Morgan fingerprint density at radius 1 is 0.944 bits per heavy atom. The molecule has 1 N–H and O–H groups in total. The molecule has 0 aromatic rings. The zero-order valence-corrected chi connectivity index (χ0v) is 11.7. The van der Waals surface area contributed by atoms with E-state index in [1.807, 2.05) is 6.92 Å². The number of nitrogens with zero attached hydrogens (tertiary/aromatic N) is 2. The van der Waals surface area contributed by atoms with Gasteiger partial charge in [-0.3, -0.25) is 14.4 Å². The SMILES string of the molecule is CCCNC(=O)CN(C)C(=O)CN(C)C(=O)CC. The van der Waals surface area contributed by atoms with E-state index in [1.165, 1.54) is 9.80 Å². The zero-order valence-electron chi connectivity index (χ0n) is 11.7. The Balaban J connectivity index is 4.10. The third-order valence-electron chi connectivity index (χ3n) is 2.48. The topological polar surface area (TPSA) is 69.7 Å². The molecule has 0 aliphatic heterocycles. The number of nitrogens with one attached hydrogen (secondary N) is 1. The van der Waals surface area contributed by atoms with Crippen molar-refractivity contribution in [1.82, 2.24) is 15.1 Å². The molecule has 3 amide bonds. The highest BCUT2D eigenvalue weighted by molar-refractivity contribution is 5.87. The molecule has 0 atom stereocenters. The molecule has 0 aromatic carbocycles. The lowest BCUT2D eigenvalue weighted by Crippen LogP contribution is -2.43. The van der Waals surface area contributed by atoms with Gasteiger partial charge in [-0.15, -0.1) is 0 Å². The van der Waals surface area contributed by atoms with E-state index >= 15 is 0 Å². The Hall–Kier alpha value is -1.59. The first-order valence-electron chi connectivity index (χ1n) is 6.16. The van der Waals surface area contributed by atoms with Crippen molar-refractivity contribution in [2.75, 3.05) is 33.7 Å². The second-order valence-electron chi connectivity index (χ2n) is 4.20. The minimum Gasteiger partial charge on any atom is -0.355 e. The highest BCUT2D eigenvalue weighted by Crippen LogP contribution is 1.93. The number of rotatable bonds is 7. The van der Waals surface area contributed by atoms with Crippen LogP contribution in [-0.4, -0.2) is 61.3 Å². The highest BCUT2D eigenvalue weighted by Gasteiger charge is 2.16. The van der Waals surface area contributed by atoms with Crippen LogP contribution in [0.4, 0.5) is 0 Å². The van der Waals surface area contributed by atoms with E-state index < -0.39 is 0 Å². The molecule has 6 nitrogen and oxygen atoms in total. The first-order chi connectivity index (χ1) is 8.42. The van der Waals surface area contributed by atoms with E-state index in [4.69, 9.17) is 0 Å². The summed E-state index contributed by atoms with van der Waals surface area (Å²) in [6, 6.07) is 0. The van der Waals surface area contributed by atoms with Crippen molar-refractivity contribution >= 4 is 17.7 Å². The first-order valence-corrected chi connectivity index (χ1v) is 6.16. The second-order valence-corrected chi connectivity index (χ2v) is 4.20. The molecule has 0 fully saturated rings. The highest BCUT2D eigenvalue weighted by atomic mass is 16.2. The van der Waals surface area contributed by atoms with Crippen molar-refractivity contribution < 1.29 is 14.4 Å². The molecular formula is C12H23N3O3. The predicted molar refractivity (Wildman–Crippen MR) is 68.9 cm³/mol. The van der Waals surface area contributed by atoms with E-state index in [0.717, 1.165) is 6.42 Å². The third kappa shape index (κ3) is 6.22. The quantitative estimate of drug-likeness (QED) is 0.689. The summed E-state index contributed by atoms with van der Waals surface area (Å²) in [6.45, 7) is 4.33. The maximum absolute atomic E-state index is 11.7. The van der Waals surface area contributed by atoms with Gasteiger partial charge in [0.1, 0.15) is 0 Å². The van der Waals surface area contributed by atoms with E-state index in [-0.39, 0.29) is 30.8 Å². The van der Waals surface area contributed by atoms with Gasteiger partial charge < -0.3 is 15.1 Å². The van der Waals surface area contributed by atoms with Crippen molar-refractivity contribution in [3.63, 3.8) is 0 Å². The van der Waals surface area contributed by atoms with E-state index in [2.05, 4.69) is 5.32 Å². The van der Waals surface area contributed by atoms with Crippen LogP contribution in [0, 0.1) is 0 Å². The molecule has 0 heterocycles. The molecule has 0 spiro atoms. The van der Waals surface area contributed by atoms with Gasteiger partial charge in [-0.2, -0.15) is 0 Å². The lowest BCUT2D eigenvalue weighted by atomic mass is 10.3. The molecule has 0 saturated carbocycles. The molecule has 0 saturated heterocycles. The van der Waals surface area contributed by atoms with Crippen LogP contribution in [-0.2, 0) is 14.4 Å². The summed E-state index contributed by atoms with van der Waals surface area (Å²) in [5, 5.41) is 2.69. The van der Waals surface area contributed by atoms with Gasteiger partial charge in [0.05, 0.1) is 13.1 Å². The summed E-state index contributed by atoms with van der Waals surface area (Å²) in [6.07, 6.45) is 1.22. The molecular weight excluding hydrogens is 234 g/mol. The Morgan fingerprint density at radius 2 is 1.50 bits per heavy atom. The lowest BCUT2D eigenvalue weighted by molar-refractivity contribution is -0.140. The van der Waals surface area contributed by atoms with Crippen LogP contribution in [0.15, 0.2) is 0 Å². The average molecular weight is 257 g/mol. The fourth-order valence-corrected chi connectivity index (χ4v) is 1.31. The fourth-order valence-electron chi connectivity index (χ4n) is 1.31. The molecule has 0 unspecified atom stereocenters. The molecule has 0 rings (SSSR count). The van der Waals surface area contributed by atoms with Gasteiger partial charge in [0.25, 0.3) is 0 Å². The number of hydrogen-bond donors (Lipinski definition) is 1. The minimum atomic E-state index is -0.244. The van der Waals surface area contributed by atoms with Crippen LogP contribution < -0.4 is 5.32 Å². The summed E-state index contributed by atoms with van der Waals surface area (Å²) >= 11 is 0. The largest absolute Gasteiger partial charge is 0.355 e. The average Bonchev–Trinajstić information content (AvgIpc) is 2.34. The van der Waals surface area contributed by atoms with Crippen LogP contribution in [0.2, 0.25) is 0 Å². The van der Waals surface area contributed by atoms with E-state index in [9.17, 15) is 14.4 Å². The van der Waals surface area contributed by atoms with Crippen molar-refractivity contribution in [2.24, 2.45) is 0 Å². The maximum atomic E-state index is 11.7. The summed E-state index contributed by atoms with van der Waals surface area (Å²) < 4.78 is 0. The van der Waals surface area contributed by atoms with Crippen LogP contribution in [0.5, 0.6) is 0 Å². The molecule has 0 aromatic heterocycles. The smallest absolute Gasteiger partial charge is 0.242 e. The van der Waals surface area contributed by atoms with Crippen LogP contribution >= 0.6 is 0 Å². The van der Waals surface area contributed by atoms with Crippen molar-refractivity contribution in [2.45, 2.75) is 26.7 Å². The Morgan fingerprint density at radius 3 is 2.00 bits per heavy atom. The minimum absolute atomic E-state index is 0.00420. The van der Waals surface area contributed by atoms with Gasteiger partial charge in [0, 0.05) is 27.1 Å². The van der Waals surface area contributed by atoms with Crippen LogP contribution in [0.25, 0.3) is 0 Å². The molecule has 0 aliphatic carbocycles.